The smallest absolute Gasteiger partial charge is 0.872 e. The average molecular weight is 446 g/mol. The second-order valence-corrected chi connectivity index (χ2v) is 7.37. The topological polar surface area (TPSA) is 61.8 Å². The van der Waals surface area contributed by atoms with E-state index in [9.17, 15) is 14.6 Å². The van der Waals surface area contributed by atoms with Crippen LogP contribution in [0.15, 0.2) is 54.6 Å². The van der Waals surface area contributed by atoms with Crippen LogP contribution in [0.3, 0.4) is 0 Å². The monoisotopic (exact) mass is 446 g/mol. The third kappa shape index (κ3) is 6.64. The Kier molecular flexibility index (Phi) is 10.4. The van der Waals surface area contributed by atoms with Gasteiger partial charge in [-0.15, -0.1) is 5.75 Å². The molecule has 32 heavy (non-hydrogen) atoms. The summed E-state index contributed by atoms with van der Waals surface area (Å²) < 4.78 is 24.9. The molecule has 0 heterocycles. The largest absolute Gasteiger partial charge is 1.00 e. The van der Waals surface area contributed by atoms with Crippen LogP contribution in [0.1, 0.15) is 37.8 Å². The summed E-state index contributed by atoms with van der Waals surface area (Å²) in [7, 11) is 0. The molecule has 3 rings (SSSR count). The maximum atomic E-state index is 13.2. The fourth-order valence-corrected chi connectivity index (χ4v) is 3.49. The maximum Gasteiger partial charge on any atom is 1.00 e. The molecule has 0 radical (unpaired) electrons. The molecule has 0 amide bonds. The van der Waals surface area contributed by atoms with Gasteiger partial charge in [0.25, 0.3) is 0 Å². The van der Waals surface area contributed by atoms with E-state index in [4.69, 9.17) is 9.47 Å². The molecule has 0 aromatic heterocycles. The maximum absolute atomic E-state index is 13.2. The fourth-order valence-electron chi connectivity index (χ4n) is 3.49. The first-order valence-electron chi connectivity index (χ1n) is 10.7. The van der Waals surface area contributed by atoms with Crippen molar-refractivity contribution in [1.29, 1.82) is 0 Å². The van der Waals surface area contributed by atoms with Crippen molar-refractivity contribution in [3.63, 3.8) is 0 Å². The molecule has 6 heteroatoms. The van der Waals surface area contributed by atoms with E-state index in [1.54, 1.807) is 30.3 Å². The van der Waals surface area contributed by atoms with E-state index in [0.717, 1.165) is 29.5 Å². The first-order valence-corrected chi connectivity index (χ1v) is 10.7. The van der Waals surface area contributed by atoms with Crippen LogP contribution in [-0.2, 0) is 12.8 Å². The molecule has 3 aromatic carbocycles. The van der Waals surface area contributed by atoms with Crippen molar-refractivity contribution in [2.24, 2.45) is 0 Å². The van der Waals surface area contributed by atoms with Crippen molar-refractivity contribution < 1.29 is 53.6 Å². The second-order valence-electron chi connectivity index (χ2n) is 7.37. The Balaban J connectivity index is 0.00000363. The minimum absolute atomic E-state index is 0. The van der Waals surface area contributed by atoms with Crippen molar-refractivity contribution in [2.75, 3.05) is 13.2 Å². The number of aryl methyl sites for hydroxylation is 1. The summed E-state index contributed by atoms with van der Waals surface area (Å²) >= 11 is 0. The van der Waals surface area contributed by atoms with Crippen molar-refractivity contribution in [3.8, 4) is 34.1 Å². The fraction of sp³-hybridized carbons (Fsp3) is 0.308. The Morgan fingerprint density at radius 3 is 2.28 bits per heavy atom. The third-order valence-electron chi connectivity index (χ3n) is 5.11. The quantitative estimate of drug-likeness (QED) is 0.384. The molecule has 0 aliphatic rings. The van der Waals surface area contributed by atoms with E-state index >= 15 is 0 Å². The summed E-state index contributed by atoms with van der Waals surface area (Å²) in [6.45, 7) is 4.90. The van der Waals surface area contributed by atoms with Gasteiger partial charge < -0.3 is 19.7 Å². The molecule has 164 valence electrons. The zero-order chi connectivity index (χ0) is 22.2. The Hall–Kier alpha value is -2.21. The summed E-state index contributed by atoms with van der Waals surface area (Å²) in [6, 6.07) is 14.6. The van der Waals surface area contributed by atoms with Gasteiger partial charge in [-0.05, 0) is 53.8 Å². The summed E-state index contributed by atoms with van der Waals surface area (Å²) in [5, 5.41) is 22.5. The van der Waals surface area contributed by atoms with Crippen molar-refractivity contribution in [3.05, 3.63) is 71.5 Å². The van der Waals surface area contributed by atoms with Crippen LogP contribution in [0.2, 0.25) is 0 Å². The van der Waals surface area contributed by atoms with E-state index in [2.05, 4.69) is 0 Å². The first kappa shape index (κ1) is 26.0. The summed E-state index contributed by atoms with van der Waals surface area (Å²) in [4.78, 5) is 0. The molecule has 0 aliphatic carbocycles. The average Bonchev–Trinajstić information content (AvgIpc) is 2.76. The molecule has 0 unspecified atom stereocenters. The Bertz CT molecular complexity index is 1010. The number of hydrogen-bond acceptors (Lipinski definition) is 4. The number of hydrogen-bond donors (Lipinski definition) is 1. The predicted octanol–water partition coefficient (Wildman–Crippen LogP) is 2.64. The third-order valence-corrected chi connectivity index (χ3v) is 5.11. The molecule has 0 saturated carbocycles. The van der Waals surface area contributed by atoms with Gasteiger partial charge in [0, 0.05) is 18.1 Å². The Morgan fingerprint density at radius 2 is 1.62 bits per heavy atom. The van der Waals surface area contributed by atoms with E-state index in [-0.39, 0.29) is 46.9 Å². The first-order chi connectivity index (χ1) is 15.0. The summed E-state index contributed by atoms with van der Waals surface area (Å²) in [6.07, 6.45) is 2.95. The molecule has 0 saturated heterocycles. The number of phenolic OH excluding ortho intramolecular Hbond substituents is 1. The van der Waals surface area contributed by atoms with Crippen LogP contribution in [0, 0.1) is 5.82 Å². The molecule has 0 atom stereocenters. The van der Waals surface area contributed by atoms with Gasteiger partial charge in [-0.1, -0.05) is 44.5 Å². The SMILES string of the molecule is CCCc1c([O-])cccc1OCCCOc1cc(O)c(-c2ccc(F)cc2)cc1CC.[Na+]. The van der Waals surface area contributed by atoms with Crippen LogP contribution in [0.4, 0.5) is 4.39 Å². The van der Waals surface area contributed by atoms with Gasteiger partial charge in [-0.2, -0.15) is 0 Å². The van der Waals surface area contributed by atoms with Crippen LogP contribution in [-0.4, -0.2) is 18.3 Å². The number of benzene rings is 3. The number of rotatable bonds is 10. The van der Waals surface area contributed by atoms with Crippen molar-refractivity contribution >= 4 is 0 Å². The zero-order valence-corrected chi connectivity index (χ0v) is 21.0. The normalized spacial score (nSPS) is 10.5. The standard InChI is InChI=1S/C26H29FO4.Na/c1-3-7-21-23(28)8-5-9-25(21)30-14-6-15-31-26-17-24(29)22(16-18(26)4-2)19-10-12-20(27)13-11-19;/h5,8-13,16-17,28-29H,3-4,6-7,14-15H2,1-2H3;/q;+1/p-1. The van der Waals surface area contributed by atoms with E-state index in [1.807, 2.05) is 26.0 Å². The molecule has 1 N–H and O–H groups in total. The molecule has 0 aliphatic heterocycles. The number of halogens is 1. The number of ether oxygens (including phenoxy) is 2. The molecular weight excluding hydrogens is 418 g/mol. The van der Waals surface area contributed by atoms with E-state index in [1.165, 1.54) is 12.1 Å². The second kappa shape index (κ2) is 12.7. The molecule has 4 nitrogen and oxygen atoms in total. The van der Waals surface area contributed by atoms with Gasteiger partial charge in [-0.3, -0.25) is 0 Å². The molecule has 3 aromatic rings. The number of phenols is 1. The van der Waals surface area contributed by atoms with Gasteiger partial charge in [0.1, 0.15) is 23.1 Å². The van der Waals surface area contributed by atoms with Gasteiger partial charge in [-0.25, -0.2) is 4.39 Å². The molecule has 0 bridgehead atoms. The Morgan fingerprint density at radius 1 is 0.938 bits per heavy atom. The van der Waals surface area contributed by atoms with Crippen LogP contribution < -0.4 is 44.1 Å². The van der Waals surface area contributed by atoms with Crippen molar-refractivity contribution in [2.45, 2.75) is 39.5 Å². The van der Waals surface area contributed by atoms with Crippen molar-refractivity contribution in [1.82, 2.24) is 0 Å². The van der Waals surface area contributed by atoms with Gasteiger partial charge >= 0.3 is 29.6 Å². The predicted molar refractivity (Wildman–Crippen MR) is 118 cm³/mol. The van der Waals surface area contributed by atoms with Gasteiger partial charge in [0.2, 0.25) is 0 Å². The summed E-state index contributed by atoms with van der Waals surface area (Å²) in [5.74, 6) is 1.06. The summed E-state index contributed by atoms with van der Waals surface area (Å²) in [5.41, 5.74) is 3.08. The van der Waals surface area contributed by atoms with Crippen LogP contribution in [0.5, 0.6) is 23.0 Å². The molecule has 0 spiro atoms. The van der Waals surface area contributed by atoms with Crippen LogP contribution in [0.25, 0.3) is 11.1 Å². The Labute approximate surface area is 211 Å². The zero-order valence-electron chi connectivity index (χ0n) is 19.0. The molecular formula is C26H28FNaO4. The minimum atomic E-state index is -0.315. The van der Waals surface area contributed by atoms with Crippen LogP contribution >= 0.6 is 0 Å². The van der Waals surface area contributed by atoms with E-state index in [0.29, 0.717) is 43.1 Å². The van der Waals surface area contributed by atoms with Gasteiger partial charge in [0.15, 0.2) is 0 Å². The molecule has 0 fully saturated rings. The number of aromatic hydroxyl groups is 1. The van der Waals surface area contributed by atoms with Gasteiger partial charge in [0.05, 0.1) is 13.2 Å². The van der Waals surface area contributed by atoms with E-state index < -0.39 is 0 Å². The minimum Gasteiger partial charge on any atom is -0.872 e.